The highest BCUT2D eigenvalue weighted by Gasteiger charge is 2.33. The molecule has 3 aromatic rings. The first-order valence-corrected chi connectivity index (χ1v) is 9.06. The van der Waals surface area contributed by atoms with E-state index in [0.717, 1.165) is 11.8 Å². The zero-order valence-electron chi connectivity index (χ0n) is 16.2. The van der Waals surface area contributed by atoms with E-state index in [1.165, 1.54) is 6.20 Å². The minimum atomic E-state index is -4.69. The summed E-state index contributed by atoms with van der Waals surface area (Å²) in [6.07, 6.45) is -3.30. The maximum Gasteiger partial charge on any atom is 0.435 e. The Balaban J connectivity index is 1.82. The van der Waals surface area contributed by atoms with Gasteiger partial charge in [0.1, 0.15) is 11.2 Å². The van der Waals surface area contributed by atoms with Crippen molar-refractivity contribution in [2.75, 3.05) is 6.54 Å². The summed E-state index contributed by atoms with van der Waals surface area (Å²) < 4.78 is 40.5. The van der Waals surface area contributed by atoms with Crippen molar-refractivity contribution in [1.29, 1.82) is 0 Å². The molecular weight excluding hydrogens is 403 g/mol. The Morgan fingerprint density at radius 2 is 1.90 bits per heavy atom. The molecule has 11 heteroatoms. The number of carbonyl (C=O) groups excluding carboxylic acids is 1. The number of aromatic nitrogens is 4. The number of hydrogen-bond donors (Lipinski definition) is 1. The lowest BCUT2D eigenvalue weighted by Gasteiger charge is -2.12. The third-order valence-corrected chi connectivity index (χ3v) is 4.41. The lowest BCUT2D eigenvalue weighted by molar-refractivity contribution is -0.142. The molecule has 3 heterocycles. The SMILES string of the molecule is CCn1cc(C(=O)NCCn2nc(C(F)(F)F)ccc2=O)c(=O)c2ccc(C)nc21. The first-order valence-electron chi connectivity index (χ1n) is 9.06. The molecule has 0 radical (unpaired) electrons. The second-order valence-corrected chi connectivity index (χ2v) is 6.52. The largest absolute Gasteiger partial charge is 0.435 e. The first kappa shape index (κ1) is 21.2. The van der Waals surface area contributed by atoms with Crippen molar-refractivity contribution in [3.63, 3.8) is 0 Å². The number of alkyl halides is 3. The minimum Gasteiger partial charge on any atom is -0.350 e. The van der Waals surface area contributed by atoms with Crippen LogP contribution in [0.5, 0.6) is 0 Å². The van der Waals surface area contributed by atoms with Gasteiger partial charge in [-0.1, -0.05) is 0 Å². The van der Waals surface area contributed by atoms with Crippen LogP contribution in [0.4, 0.5) is 13.2 Å². The van der Waals surface area contributed by atoms with Gasteiger partial charge >= 0.3 is 6.18 Å². The van der Waals surface area contributed by atoms with Crippen LogP contribution in [0, 0.1) is 6.92 Å². The highest BCUT2D eigenvalue weighted by Crippen LogP contribution is 2.26. The molecule has 0 aliphatic carbocycles. The minimum absolute atomic E-state index is 0.126. The van der Waals surface area contributed by atoms with Crippen LogP contribution in [-0.4, -0.2) is 31.8 Å². The lowest BCUT2D eigenvalue weighted by Crippen LogP contribution is -2.35. The maximum atomic E-state index is 12.7. The number of aryl methyl sites for hydroxylation is 2. The van der Waals surface area contributed by atoms with Crippen molar-refractivity contribution in [2.45, 2.75) is 33.1 Å². The van der Waals surface area contributed by atoms with Gasteiger partial charge in [-0.15, -0.1) is 0 Å². The molecule has 3 rings (SSSR count). The summed E-state index contributed by atoms with van der Waals surface area (Å²) in [5.41, 5.74) is -1.40. The van der Waals surface area contributed by atoms with Gasteiger partial charge in [0.15, 0.2) is 5.69 Å². The number of amides is 1. The fourth-order valence-corrected chi connectivity index (χ4v) is 2.89. The molecule has 3 aromatic heterocycles. The van der Waals surface area contributed by atoms with Crippen molar-refractivity contribution < 1.29 is 18.0 Å². The van der Waals surface area contributed by atoms with Gasteiger partial charge in [-0.25, -0.2) is 9.67 Å². The third kappa shape index (κ3) is 4.24. The predicted octanol–water partition coefficient (Wildman–Crippen LogP) is 1.73. The smallest absolute Gasteiger partial charge is 0.350 e. The first-order chi connectivity index (χ1) is 14.1. The van der Waals surface area contributed by atoms with Gasteiger partial charge < -0.3 is 9.88 Å². The molecule has 0 aliphatic heterocycles. The van der Waals surface area contributed by atoms with E-state index in [4.69, 9.17) is 0 Å². The lowest BCUT2D eigenvalue weighted by atomic mass is 10.1. The van der Waals surface area contributed by atoms with Gasteiger partial charge in [0.05, 0.1) is 11.9 Å². The number of fused-ring (bicyclic) bond motifs is 1. The summed E-state index contributed by atoms with van der Waals surface area (Å²) >= 11 is 0. The fourth-order valence-electron chi connectivity index (χ4n) is 2.89. The van der Waals surface area contributed by atoms with Gasteiger partial charge in [0.2, 0.25) is 5.43 Å². The molecule has 0 saturated heterocycles. The molecule has 0 unspecified atom stereocenters. The van der Waals surface area contributed by atoms with Gasteiger partial charge in [0, 0.05) is 31.0 Å². The van der Waals surface area contributed by atoms with Crippen molar-refractivity contribution in [3.8, 4) is 0 Å². The summed E-state index contributed by atoms with van der Waals surface area (Å²) in [6, 6.07) is 4.61. The van der Waals surface area contributed by atoms with Gasteiger partial charge in [0.25, 0.3) is 11.5 Å². The number of nitrogens with zero attached hydrogens (tertiary/aromatic N) is 4. The monoisotopic (exact) mass is 421 g/mol. The maximum absolute atomic E-state index is 12.7. The van der Waals surface area contributed by atoms with Crippen LogP contribution < -0.4 is 16.3 Å². The van der Waals surface area contributed by atoms with E-state index in [0.29, 0.717) is 22.9 Å². The molecule has 1 N–H and O–H groups in total. The standard InChI is InChI=1S/C19H18F3N5O3/c1-3-26-10-13(16(29)12-5-4-11(2)24-17(12)26)18(30)23-8-9-27-15(28)7-6-14(25-27)19(20,21)22/h4-7,10H,3,8-9H2,1-2H3,(H,23,30). The Hall–Kier alpha value is -3.50. The topological polar surface area (TPSA) is 98.9 Å². The van der Waals surface area contributed by atoms with Gasteiger partial charge in [-0.05, 0) is 32.0 Å². The number of pyridine rings is 2. The molecule has 0 atom stereocenters. The summed E-state index contributed by atoms with van der Waals surface area (Å²) in [7, 11) is 0. The molecule has 30 heavy (non-hydrogen) atoms. The highest BCUT2D eigenvalue weighted by atomic mass is 19.4. The molecule has 0 bridgehead atoms. The summed E-state index contributed by atoms with van der Waals surface area (Å²) in [5.74, 6) is -0.704. The molecular formula is C19H18F3N5O3. The van der Waals surface area contributed by atoms with Crippen LogP contribution in [0.2, 0.25) is 0 Å². The van der Waals surface area contributed by atoms with E-state index in [-0.39, 0.29) is 24.0 Å². The number of carbonyl (C=O) groups is 1. The van der Waals surface area contributed by atoms with E-state index in [1.807, 2.05) is 6.92 Å². The van der Waals surface area contributed by atoms with Crippen LogP contribution >= 0.6 is 0 Å². The molecule has 0 fully saturated rings. The number of hydrogen-bond acceptors (Lipinski definition) is 5. The van der Waals surface area contributed by atoms with Crippen LogP contribution in [-0.2, 0) is 19.3 Å². The van der Waals surface area contributed by atoms with E-state index in [9.17, 15) is 27.6 Å². The second kappa shape index (κ2) is 8.09. The fraction of sp³-hybridized carbons (Fsp3) is 0.316. The predicted molar refractivity (Wildman–Crippen MR) is 102 cm³/mol. The van der Waals surface area contributed by atoms with Crippen molar-refractivity contribution in [2.24, 2.45) is 0 Å². The summed E-state index contributed by atoms with van der Waals surface area (Å²) in [5, 5.41) is 5.99. The Morgan fingerprint density at radius 3 is 2.57 bits per heavy atom. The molecule has 0 spiro atoms. The van der Waals surface area contributed by atoms with Gasteiger partial charge in [-0.3, -0.25) is 14.4 Å². The van der Waals surface area contributed by atoms with Crippen molar-refractivity contribution >= 4 is 16.9 Å². The van der Waals surface area contributed by atoms with Crippen molar-refractivity contribution in [3.05, 3.63) is 68.0 Å². The van der Waals surface area contributed by atoms with E-state index in [2.05, 4.69) is 15.4 Å². The number of halogens is 3. The van der Waals surface area contributed by atoms with E-state index in [1.54, 1.807) is 23.6 Å². The molecule has 0 saturated carbocycles. The summed E-state index contributed by atoms with van der Waals surface area (Å²) in [4.78, 5) is 41.3. The van der Waals surface area contributed by atoms with Crippen molar-refractivity contribution in [1.82, 2.24) is 24.6 Å². The molecule has 8 nitrogen and oxygen atoms in total. The Kier molecular flexibility index (Phi) is 5.72. The highest BCUT2D eigenvalue weighted by molar-refractivity contribution is 5.96. The average molecular weight is 421 g/mol. The average Bonchev–Trinajstić information content (AvgIpc) is 2.68. The molecule has 1 amide bonds. The normalized spacial score (nSPS) is 11.6. The third-order valence-electron chi connectivity index (χ3n) is 4.41. The Morgan fingerprint density at radius 1 is 1.17 bits per heavy atom. The van der Waals surface area contributed by atoms with Crippen LogP contribution in [0.15, 0.2) is 40.1 Å². The zero-order chi connectivity index (χ0) is 22.1. The van der Waals surface area contributed by atoms with E-state index < -0.39 is 28.8 Å². The molecule has 0 aliphatic rings. The van der Waals surface area contributed by atoms with E-state index >= 15 is 0 Å². The number of rotatable bonds is 5. The Bertz CT molecular complexity index is 1230. The zero-order valence-corrected chi connectivity index (χ0v) is 16.2. The molecule has 0 aromatic carbocycles. The quantitative estimate of drug-likeness (QED) is 0.677. The number of nitrogens with one attached hydrogen (secondary N) is 1. The Labute approximate surface area is 168 Å². The van der Waals surface area contributed by atoms with Crippen LogP contribution in [0.25, 0.3) is 11.0 Å². The van der Waals surface area contributed by atoms with Crippen LogP contribution in [0.3, 0.4) is 0 Å². The van der Waals surface area contributed by atoms with Crippen LogP contribution in [0.1, 0.15) is 28.7 Å². The second-order valence-electron chi connectivity index (χ2n) is 6.52. The van der Waals surface area contributed by atoms with Gasteiger partial charge in [-0.2, -0.15) is 18.3 Å². The molecule has 158 valence electrons. The summed E-state index contributed by atoms with van der Waals surface area (Å²) in [6.45, 7) is 3.61.